The van der Waals surface area contributed by atoms with Crippen molar-refractivity contribution in [3.8, 4) is 0 Å². The third-order valence-corrected chi connectivity index (χ3v) is 6.56. The van der Waals surface area contributed by atoms with Gasteiger partial charge in [0.15, 0.2) is 0 Å². The van der Waals surface area contributed by atoms with Gasteiger partial charge in [0.2, 0.25) is 0 Å². The van der Waals surface area contributed by atoms with Gasteiger partial charge in [0, 0.05) is 17.0 Å². The second-order valence-electron chi connectivity index (χ2n) is 8.79. The molecule has 160 valence electrons. The van der Waals surface area contributed by atoms with Crippen LogP contribution in [0, 0.1) is 11.3 Å². The fourth-order valence-corrected chi connectivity index (χ4v) is 5.15. The average Bonchev–Trinajstić information content (AvgIpc) is 3.28. The first kappa shape index (κ1) is 22.2. The third-order valence-electron chi connectivity index (χ3n) is 5.84. The zero-order valence-electron chi connectivity index (χ0n) is 17.4. The largest absolute Gasteiger partial charge is 0.464 e. The number of hydrogen-bond acceptors (Lipinski definition) is 5. The molecular weight excluding hydrogens is 438 g/mol. The maximum Gasteiger partial charge on any atom is 0.329 e. The van der Waals surface area contributed by atoms with E-state index in [2.05, 4.69) is 15.9 Å². The topological polar surface area (TPSA) is 76.1 Å². The molecule has 0 aromatic heterocycles. The second kappa shape index (κ2) is 8.74. The molecule has 2 aliphatic heterocycles. The lowest BCUT2D eigenvalue weighted by molar-refractivity contribution is -0.160. The van der Waals surface area contributed by atoms with Crippen molar-refractivity contribution in [2.75, 3.05) is 13.2 Å². The molecule has 0 radical (unpaired) electrons. The zero-order valence-corrected chi connectivity index (χ0v) is 19.0. The third kappa shape index (κ3) is 4.23. The Kier molecular flexibility index (Phi) is 6.70. The second-order valence-corrected chi connectivity index (χ2v) is 9.65. The number of ether oxygens (including phenoxy) is 2. The number of carbonyl (C=O) groups excluding carboxylic acids is 2. The van der Waals surface area contributed by atoms with Crippen LogP contribution in [0.3, 0.4) is 0 Å². The van der Waals surface area contributed by atoms with Crippen molar-refractivity contribution in [3.63, 3.8) is 0 Å². The standard InChI is InChI=1S/C22H30BrNO5/c1-5-28-21(27)18-16(22(2,3)4)19(25)17(13-9-6-7-10-14(13)23)24(18)20(26)15-11-8-12-29-15/h6-7,9-10,15-19,25H,5,8,11-12H2,1-4H3/t15-,16+,17-,18-,19-/m0/s1. The summed E-state index contributed by atoms with van der Waals surface area (Å²) in [6.07, 6.45) is -0.0976. The van der Waals surface area contributed by atoms with Crippen molar-refractivity contribution in [1.29, 1.82) is 0 Å². The maximum atomic E-state index is 13.5. The van der Waals surface area contributed by atoms with Crippen molar-refractivity contribution in [2.45, 2.75) is 64.8 Å². The Morgan fingerprint density at radius 3 is 2.55 bits per heavy atom. The molecule has 1 amide bonds. The summed E-state index contributed by atoms with van der Waals surface area (Å²) in [5.41, 5.74) is 0.342. The number of likely N-dealkylation sites (tertiary alicyclic amines) is 1. The first-order chi connectivity index (χ1) is 13.7. The molecule has 0 unspecified atom stereocenters. The van der Waals surface area contributed by atoms with E-state index in [1.54, 1.807) is 6.92 Å². The molecule has 2 heterocycles. The molecule has 2 saturated heterocycles. The fraction of sp³-hybridized carbons (Fsp3) is 0.636. The minimum Gasteiger partial charge on any atom is -0.464 e. The van der Waals surface area contributed by atoms with E-state index in [9.17, 15) is 14.7 Å². The van der Waals surface area contributed by atoms with Gasteiger partial charge in [0.05, 0.1) is 18.8 Å². The summed E-state index contributed by atoms with van der Waals surface area (Å²) in [6.45, 7) is 8.41. The Morgan fingerprint density at radius 2 is 2.00 bits per heavy atom. The van der Waals surface area contributed by atoms with E-state index >= 15 is 0 Å². The average molecular weight is 468 g/mol. The van der Waals surface area contributed by atoms with E-state index in [1.165, 1.54) is 4.90 Å². The quantitative estimate of drug-likeness (QED) is 0.685. The molecule has 1 N–H and O–H groups in total. The number of carbonyl (C=O) groups is 2. The summed E-state index contributed by atoms with van der Waals surface area (Å²) in [5.74, 6) is -1.22. The van der Waals surface area contributed by atoms with E-state index in [0.29, 0.717) is 13.0 Å². The van der Waals surface area contributed by atoms with E-state index < -0.39 is 41.6 Å². The van der Waals surface area contributed by atoms with E-state index in [0.717, 1.165) is 16.5 Å². The molecular formula is C22H30BrNO5. The Hall–Kier alpha value is -1.44. The van der Waals surface area contributed by atoms with Crippen LogP contribution in [0.4, 0.5) is 0 Å². The van der Waals surface area contributed by atoms with E-state index in [1.807, 2.05) is 45.0 Å². The van der Waals surface area contributed by atoms with Gasteiger partial charge in [-0.15, -0.1) is 0 Å². The molecule has 0 bridgehead atoms. The molecule has 5 atom stereocenters. The SMILES string of the molecule is CCOC(=O)[C@@H]1[C@@H](C(C)(C)C)[C@H](O)[C@H](c2ccccc2Br)N1C(=O)[C@@H]1CCCO1. The highest BCUT2D eigenvalue weighted by Gasteiger charge is 2.59. The van der Waals surface area contributed by atoms with Crippen LogP contribution in [0.15, 0.2) is 28.7 Å². The Bertz CT molecular complexity index is 756. The van der Waals surface area contributed by atoms with E-state index in [-0.39, 0.29) is 12.5 Å². The number of esters is 1. The number of amides is 1. The molecule has 29 heavy (non-hydrogen) atoms. The van der Waals surface area contributed by atoms with Crippen molar-refractivity contribution >= 4 is 27.8 Å². The first-order valence-electron chi connectivity index (χ1n) is 10.2. The Labute approximate surface area is 180 Å². The van der Waals surface area contributed by atoms with Crippen LogP contribution in [0.1, 0.15) is 52.1 Å². The highest BCUT2D eigenvalue weighted by Crippen LogP contribution is 2.49. The zero-order chi connectivity index (χ0) is 21.3. The molecule has 1 aromatic rings. The van der Waals surface area contributed by atoms with Gasteiger partial charge in [-0.05, 0) is 36.8 Å². The molecule has 0 spiro atoms. The lowest BCUT2D eigenvalue weighted by atomic mass is 9.74. The van der Waals surface area contributed by atoms with Gasteiger partial charge in [-0.2, -0.15) is 0 Å². The lowest BCUT2D eigenvalue weighted by Crippen LogP contribution is -2.50. The molecule has 6 nitrogen and oxygen atoms in total. The van der Waals surface area contributed by atoms with Crippen LogP contribution >= 0.6 is 15.9 Å². The first-order valence-corrected chi connectivity index (χ1v) is 11.0. The van der Waals surface area contributed by atoms with Crippen LogP contribution in [-0.2, 0) is 19.1 Å². The van der Waals surface area contributed by atoms with Gasteiger partial charge in [0.1, 0.15) is 12.1 Å². The van der Waals surface area contributed by atoms with Gasteiger partial charge >= 0.3 is 5.97 Å². The molecule has 2 aliphatic rings. The van der Waals surface area contributed by atoms with Crippen LogP contribution in [0.5, 0.6) is 0 Å². The van der Waals surface area contributed by atoms with Crippen molar-refractivity contribution < 1.29 is 24.2 Å². The van der Waals surface area contributed by atoms with Gasteiger partial charge < -0.3 is 19.5 Å². The minimum atomic E-state index is -0.923. The normalized spacial score (nSPS) is 29.9. The summed E-state index contributed by atoms with van der Waals surface area (Å²) in [4.78, 5) is 28.1. The number of nitrogens with zero attached hydrogens (tertiary/aromatic N) is 1. The van der Waals surface area contributed by atoms with Crippen molar-refractivity contribution in [1.82, 2.24) is 4.90 Å². The molecule has 1 aromatic carbocycles. The summed E-state index contributed by atoms with van der Waals surface area (Å²) < 4.78 is 11.8. The monoisotopic (exact) mass is 467 g/mol. The predicted octanol–water partition coefficient (Wildman–Crippen LogP) is 3.47. The van der Waals surface area contributed by atoms with Gasteiger partial charge in [-0.1, -0.05) is 54.9 Å². The Balaban J connectivity index is 2.14. The fourth-order valence-electron chi connectivity index (χ4n) is 4.63. The molecule has 3 rings (SSSR count). The van der Waals surface area contributed by atoms with Crippen LogP contribution in [0.2, 0.25) is 0 Å². The van der Waals surface area contributed by atoms with Crippen molar-refractivity contribution in [3.05, 3.63) is 34.3 Å². The number of hydrogen-bond donors (Lipinski definition) is 1. The Morgan fingerprint density at radius 1 is 1.31 bits per heavy atom. The highest BCUT2D eigenvalue weighted by atomic mass is 79.9. The van der Waals surface area contributed by atoms with Gasteiger partial charge in [-0.3, -0.25) is 4.79 Å². The summed E-state index contributed by atoms with van der Waals surface area (Å²) >= 11 is 3.56. The van der Waals surface area contributed by atoms with Crippen LogP contribution < -0.4 is 0 Å². The molecule has 0 aliphatic carbocycles. The predicted molar refractivity (Wildman–Crippen MR) is 112 cm³/mol. The number of rotatable bonds is 4. The van der Waals surface area contributed by atoms with Crippen molar-refractivity contribution in [2.24, 2.45) is 11.3 Å². The lowest BCUT2D eigenvalue weighted by Gasteiger charge is -2.35. The molecule has 7 heteroatoms. The van der Waals surface area contributed by atoms with Gasteiger partial charge in [0.25, 0.3) is 5.91 Å². The van der Waals surface area contributed by atoms with Gasteiger partial charge in [-0.25, -0.2) is 4.79 Å². The minimum absolute atomic E-state index is 0.212. The van der Waals surface area contributed by atoms with Crippen LogP contribution in [-0.4, -0.2) is 53.3 Å². The number of aliphatic hydroxyl groups excluding tert-OH is 1. The summed E-state index contributed by atoms with van der Waals surface area (Å²) in [6, 6.07) is 5.96. The van der Waals surface area contributed by atoms with Crippen LogP contribution in [0.25, 0.3) is 0 Å². The number of benzene rings is 1. The summed E-state index contributed by atoms with van der Waals surface area (Å²) in [7, 11) is 0. The number of halogens is 1. The number of aliphatic hydroxyl groups is 1. The smallest absolute Gasteiger partial charge is 0.329 e. The van der Waals surface area contributed by atoms with E-state index in [4.69, 9.17) is 9.47 Å². The maximum absolute atomic E-state index is 13.5. The summed E-state index contributed by atoms with van der Waals surface area (Å²) in [5, 5.41) is 11.4. The molecule has 0 saturated carbocycles. The highest BCUT2D eigenvalue weighted by molar-refractivity contribution is 9.10. The molecule has 2 fully saturated rings.